The summed E-state index contributed by atoms with van der Waals surface area (Å²) in [7, 11) is 1.08. The third-order valence-corrected chi connectivity index (χ3v) is 6.42. The monoisotopic (exact) mass is 595 g/mol. The number of carbonyl (C=O) groups is 6. The van der Waals surface area contributed by atoms with Gasteiger partial charge in [0, 0.05) is 41.0 Å². The third kappa shape index (κ3) is 10.6. The molecule has 1 aliphatic rings. The fraction of sp³-hybridized carbons (Fsp3) is 0.696. The lowest BCUT2D eigenvalue weighted by molar-refractivity contribution is -0.223. The molecule has 1 unspecified atom stereocenters. The molecule has 6 atom stereocenters. The van der Waals surface area contributed by atoms with Crippen molar-refractivity contribution >= 4 is 64.1 Å². The lowest BCUT2D eigenvalue weighted by atomic mass is 9.89. The molecule has 1 aliphatic heterocycles. The number of rotatable bonds is 11. The van der Waals surface area contributed by atoms with Crippen LogP contribution < -0.4 is 5.32 Å². The van der Waals surface area contributed by atoms with Gasteiger partial charge in [-0.05, 0) is 30.9 Å². The highest BCUT2D eigenvalue weighted by molar-refractivity contribution is 8.23. The van der Waals surface area contributed by atoms with Crippen LogP contribution in [0.15, 0.2) is 0 Å². The van der Waals surface area contributed by atoms with Crippen molar-refractivity contribution in [3.63, 3.8) is 0 Å². The van der Waals surface area contributed by atoms with Crippen LogP contribution in [0.3, 0.4) is 0 Å². The molecule has 1 N–H and O–H groups in total. The molecule has 220 valence electrons. The maximum atomic E-state index is 13.2. The fourth-order valence-electron chi connectivity index (χ4n) is 3.78. The number of nitrogens with one attached hydrogen (secondary N) is 1. The molecule has 1 amide bonds. The first kappa shape index (κ1) is 34.0. The van der Waals surface area contributed by atoms with Crippen LogP contribution in [0, 0.1) is 0 Å². The zero-order valence-electron chi connectivity index (χ0n) is 22.6. The van der Waals surface area contributed by atoms with E-state index in [-0.39, 0.29) is 17.4 Å². The highest BCUT2D eigenvalue weighted by Crippen LogP contribution is 2.43. The van der Waals surface area contributed by atoms with Crippen LogP contribution in [0.5, 0.6) is 0 Å². The molecule has 1 fully saturated rings. The number of hydrogen-bond donors (Lipinski definition) is 1. The molecule has 1 rings (SSSR count). The van der Waals surface area contributed by atoms with Crippen molar-refractivity contribution in [1.29, 1.82) is 0 Å². The van der Waals surface area contributed by atoms with Gasteiger partial charge in [0.2, 0.25) is 15.2 Å². The molecule has 0 aromatic carbocycles. The van der Waals surface area contributed by atoms with E-state index in [1.807, 2.05) is 0 Å². The number of hydrogen-bond acceptors (Lipinski definition) is 15. The maximum absolute atomic E-state index is 13.2. The van der Waals surface area contributed by atoms with Crippen LogP contribution in [-0.2, 0) is 61.9 Å². The van der Waals surface area contributed by atoms with Crippen molar-refractivity contribution in [1.82, 2.24) is 5.32 Å². The first-order valence-corrected chi connectivity index (χ1v) is 12.9. The Labute approximate surface area is 235 Å². The molecular formula is C23H33NO13S2. The van der Waals surface area contributed by atoms with E-state index in [2.05, 4.69) is 5.32 Å². The van der Waals surface area contributed by atoms with Gasteiger partial charge in [0.1, 0.15) is 18.8 Å². The second kappa shape index (κ2) is 15.6. The van der Waals surface area contributed by atoms with Crippen molar-refractivity contribution in [2.24, 2.45) is 0 Å². The van der Waals surface area contributed by atoms with Gasteiger partial charge in [0.25, 0.3) is 0 Å². The van der Waals surface area contributed by atoms with Crippen LogP contribution >= 0.6 is 24.0 Å². The van der Waals surface area contributed by atoms with Gasteiger partial charge in [-0.1, -0.05) is 0 Å². The second-order valence-corrected chi connectivity index (χ2v) is 10.1. The molecule has 0 radical (unpaired) electrons. The minimum absolute atomic E-state index is 0.123. The van der Waals surface area contributed by atoms with E-state index in [0.29, 0.717) is 11.8 Å². The summed E-state index contributed by atoms with van der Waals surface area (Å²) in [6.45, 7) is 6.73. The Kier molecular flexibility index (Phi) is 13.6. The lowest BCUT2D eigenvalue weighted by Gasteiger charge is -2.48. The maximum Gasteiger partial charge on any atom is 0.349 e. The van der Waals surface area contributed by atoms with Gasteiger partial charge < -0.3 is 38.5 Å². The Morgan fingerprint density at radius 3 is 2.05 bits per heavy atom. The van der Waals surface area contributed by atoms with Gasteiger partial charge in [-0.3, -0.25) is 24.0 Å². The SMILES string of the molecule is CCOC(=S)S[C@@]1(C(=O)OC)C[C@H](OC(C)=O)[C@@H](NC(C)=O)[C@H]([C@H](OC(C)=O)C(COC(C)=O)OC(C)=O)O1. The van der Waals surface area contributed by atoms with Crippen molar-refractivity contribution in [3.05, 3.63) is 0 Å². The van der Waals surface area contributed by atoms with E-state index in [4.69, 9.17) is 45.4 Å². The van der Waals surface area contributed by atoms with E-state index < -0.39 is 77.8 Å². The molecule has 1 saturated heterocycles. The number of carbonyl (C=O) groups excluding carboxylic acids is 6. The highest BCUT2D eigenvalue weighted by atomic mass is 32.2. The standard InChI is InChI=1S/C23H33NO13S2/c1-8-32-22(38)39-23(21(30)31-7)9-16(34-13(4)27)18(24-11(2)25)20(37-23)19(36-15(6)29)17(35-14(5)28)10-33-12(3)26/h16-20H,8-10H2,1-7H3,(H,24,25)/t16-,17?,18+,19+,20+,23+/m0/s1. The Hall–Kier alpha value is -2.98. The van der Waals surface area contributed by atoms with Crippen LogP contribution in [0.2, 0.25) is 0 Å². The van der Waals surface area contributed by atoms with Crippen molar-refractivity contribution in [2.75, 3.05) is 20.3 Å². The summed E-state index contributed by atoms with van der Waals surface area (Å²) in [6.07, 6.45) is -6.29. The molecule has 0 aromatic rings. The number of amides is 1. The quantitative estimate of drug-likeness (QED) is 0.199. The summed E-state index contributed by atoms with van der Waals surface area (Å²) < 4.78 is 37.6. The lowest BCUT2D eigenvalue weighted by Crippen LogP contribution is -2.68. The average molecular weight is 596 g/mol. The van der Waals surface area contributed by atoms with Gasteiger partial charge in [-0.2, -0.15) is 0 Å². The number of thiocarbonyl (C=S) groups is 1. The summed E-state index contributed by atoms with van der Waals surface area (Å²) in [6, 6.07) is -1.26. The van der Waals surface area contributed by atoms with Crippen LogP contribution in [-0.4, -0.2) is 95.9 Å². The number of methoxy groups -OCH3 is 1. The van der Waals surface area contributed by atoms with Gasteiger partial charge >= 0.3 is 29.8 Å². The molecular weight excluding hydrogens is 562 g/mol. The molecule has 0 saturated carbocycles. The van der Waals surface area contributed by atoms with Gasteiger partial charge in [0.15, 0.2) is 12.2 Å². The van der Waals surface area contributed by atoms with E-state index in [0.717, 1.165) is 34.8 Å². The summed E-state index contributed by atoms with van der Waals surface area (Å²) in [5, 5.41) is 2.58. The molecule has 16 heteroatoms. The highest BCUT2D eigenvalue weighted by Gasteiger charge is 2.59. The first-order chi connectivity index (χ1) is 18.1. The molecule has 0 aliphatic carbocycles. The number of thioether (sulfide) groups is 1. The van der Waals surface area contributed by atoms with E-state index in [9.17, 15) is 28.8 Å². The van der Waals surface area contributed by atoms with Crippen LogP contribution in [0.1, 0.15) is 48.0 Å². The minimum Gasteiger partial charge on any atom is -0.479 e. The smallest absolute Gasteiger partial charge is 0.349 e. The van der Waals surface area contributed by atoms with Crippen LogP contribution in [0.25, 0.3) is 0 Å². The van der Waals surface area contributed by atoms with Gasteiger partial charge in [0.05, 0.1) is 19.8 Å². The summed E-state index contributed by atoms with van der Waals surface area (Å²) in [4.78, 5) is 71.1. The normalized spacial score (nSPS) is 23.7. The van der Waals surface area contributed by atoms with Crippen LogP contribution in [0.4, 0.5) is 0 Å². The van der Waals surface area contributed by atoms with Gasteiger partial charge in [-0.25, -0.2) is 4.79 Å². The first-order valence-electron chi connectivity index (χ1n) is 11.7. The van der Waals surface area contributed by atoms with E-state index >= 15 is 0 Å². The zero-order chi connectivity index (χ0) is 29.9. The minimum atomic E-state index is -2.04. The largest absolute Gasteiger partial charge is 0.479 e. The number of esters is 5. The molecule has 0 bridgehead atoms. The average Bonchev–Trinajstić information content (AvgIpc) is 2.80. The zero-order valence-corrected chi connectivity index (χ0v) is 24.3. The predicted octanol–water partition coefficient (Wildman–Crippen LogP) is 0.562. The predicted molar refractivity (Wildman–Crippen MR) is 137 cm³/mol. The van der Waals surface area contributed by atoms with E-state index in [1.165, 1.54) is 6.92 Å². The summed E-state index contributed by atoms with van der Waals surface area (Å²) in [5.74, 6) is -4.79. The Balaban J connectivity index is 3.85. The van der Waals surface area contributed by atoms with Gasteiger partial charge in [-0.15, -0.1) is 0 Å². The molecule has 0 spiro atoms. The molecule has 14 nitrogen and oxygen atoms in total. The molecule has 1 heterocycles. The number of ether oxygens (including phenoxy) is 7. The summed E-state index contributed by atoms with van der Waals surface area (Å²) >= 11 is 5.85. The fourth-order valence-corrected chi connectivity index (χ4v) is 5.33. The van der Waals surface area contributed by atoms with Crippen molar-refractivity contribution in [2.45, 2.75) is 83.4 Å². The van der Waals surface area contributed by atoms with E-state index in [1.54, 1.807) is 6.92 Å². The molecule has 0 aromatic heterocycles. The molecule has 39 heavy (non-hydrogen) atoms. The van der Waals surface area contributed by atoms with Crippen molar-refractivity contribution in [3.8, 4) is 0 Å². The third-order valence-electron chi connectivity index (χ3n) is 5.01. The summed E-state index contributed by atoms with van der Waals surface area (Å²) in [5.41, 5.74) is 0. The van der Waals surface area contributed by atoms with Crippen molar-refractivity contribution < 1.29 is 61.9 Å². The Bertz CT molecular complexity index is 958. The Morgan fingerprint density at radius 2 is 1.59 bits per heavy atom. The topological polar surface area (TPSA) is 179 Å². The second-order valence-electron chi connectivity index (χ2n) is 8.21. The Morgan fingerprint density at radius 1 is 0.974 bits per heavy atom.